The maximum absolute atomic E-state index is 12.7. The van der Waals surface area contributed by atoms with Crippen LogP contribution in [0.3, 0.4) is 0 Å². The van der Waals surface area contributed by atoms with Gasteiger partial charge in [0.05, 0.1) is 5.56 Å². The summed E-state index contributed by atoms with van der Waals surface area (Å²) in [4.78, 5) is 10.8. The quantitative estimate of drug-likeness (QED) is 0.741. The fourth-order valence-corrected chi connectivity index (χ4v) is 2.12. The van der Waals surface area contributed by atoms with Crippen molar-refractivity contribution < 1.29 is 41.0 Å². The molecule has 0 aliphatic carbocycles. The predicted octanol–water partition coefficient (Wildman–Crippen LogP) is 5.39. The van der Waals surface area contributed by atoms with Gasteiger partial charge in [-0.3, -0.25) is 0 Å². The summed E-state index contributed by atoms with van der Waals surface area (Å²) in [6, 6.07) is 8.50. The molecular weight excluding hydrogens is 354 g/mol. The van der Waals surface area contributed by atoms with Crippen molar-refractivity contribution >= 4 is 5.97 Å². The number of ether oxygens (including phenoxy) is 1. The topological polar surface area (TPSA) is 46.5 Å². The molecule has 0 aliphatic heterocycles. The van der Waals surface area contributed by atoms with E-state index in [9.17, 15) is 31.1 Å². The first-order chi connectivity index (χ1) is 11.5. The number of carbonyl (C=O) groups is 1. The zero-order valence-electron chi connectivity index (χ0n) is 12.2. The van der Waals surface area contributed by atoms with Crippen LogP contribution in [0.4, 0.5) is 26.3 Å². The summed E-state index contributed by atoms with van der Waals surface area (Å²) in [5.74, 6) is -4.76. The molecule has 25 heavy (non-hydrogen) atoms. The largest absolute Gasteiger partial charge is 0.478 e. The first kappa shape index (κ1) is 18.6. The van der Waals surface area contributed by atoms with E-state index < -0.39 is 29.8 Å². The first-order valence-electron chi connectivity index (χ1n) is 6.73. The molecule has 0 aromatic heterocycles. The standard InChI is InChI=1S/C16H10F6O3/c17-15(18,19)13(16(20,21)22)9-4-6-11(7-5-9)25-12-3-1-2-10(8-12)14(23)24/h1-8,13H,(H,23,24). The highest BCUT2D eigenvalue weighted by atomic mass is 19.4. The van der Waals surface area contributed by atoms with Crippen LogP contribution in [-0.4, -0.2) is 23.4 Å². The van der Waals surface area contributed by atoms with Crippen LogP contribution >= 0.6 is 0 Å². The van der Waals surface area contributed by atoms with Gasteiger partial charge in [-0.2, -0.15) is 26.3 Å². The Morgan fingerprint density at radius 2 is 1.44 bits per heavy atom. The van der Waals surface area contributed by atoms with Gasteiger partial charge in [0.1, 0.15) is 11.5 Å². The number of alkyl halides is 6. The van der Waals surface area contributed by atoms with Crippen LogP contribution in [0.2, 0.25) is 0 Å². The van der Waals surface area contributed by atoms with Gasteiger partial charge in [0, 0.05) is 0 Å². The Morgan fingerprint density at radius 1 is 0.880 bits per heavy atom. The molecule has 1 N–H and O–H groups in total. The minimum atomic E-state index is -5.48. The molecule has 0 fully saturated rings. The fourth-order valence-electron chi connectivity index (χ4n) is 2.12. The van der Waals surface area contributed by atoms with Gasteiger partial charge in [-0.15, -0.1) is 0 Å². The summed E-state index contributed by atoms with van der Waals surface area (Å²) in [6.45, 7) is 0. The van der Waals surface area contributed by atoms with Gasteiger partial charge in [0.15, 0.2) is 5.92 Å². The highest BCUT2D eigenvalue weighted by Crippen LogP contribution is 2.46. The molecule has 3 nitrogen and oxygen atoms in total. The maximum Gasteiger partial charge on any atom is 0.404 e. The molecule has 0 radical (unpaired) electrons. The Kier molecular flexibility index (Phi) is 4.96. The zero-order chi connectivity index (χ0) is 18.8. The van der Waals surface area contributed by atoms with E-state index in [0.717, 1.165) is 12.1 Å². The molecule has 0 amide bonds. The van der Waals surface area contributed by atoms with Crippen molar-refractivity contribution in [1.82, 2.24) is 0 Å². The first-order valence-corrected chi connectivity index (χ1v) is 6.73. The molecular formula is C16H10F6O3. The van der Waals surface area contributed by atoms with Crippen LogP contribution in [0.25, 0.3) is 0 Å². The molecule has 0 heterocycles. The van der Waals surface area contributed by atoms with E-state index in [1.54, 1.807) is 0 Å². The molecule has 134 valence electrons. The molecule has 0 atom stereocenters. The molecule has 0 saturated carbocycles. The van der Waals surface area contributed by atoms with E-state index in [4.69, 9.17) is 9.84 Å². The summed E-state index contributed by atoms with van der Waals surface area (Å²) < 4.78 is 81.2. The molecule has 2 rings (SSSR count). The second-order valence-corrected chi connectivity index (χ2v) is 5.02. The van der Waals surface area contributed by atoms with Crippen LogP contribution in [0.5, 0.6) is 11.5 Å². The summed E-state index contributed by atoms with van der Waals surface area (Å²) in [5.41, 5.74) is -1.05. The summed E-state index contributed by atoms with van der Waals surface area (Å²) in [5, 5.41) is 8.86. The van der Waals surface area contributed by atoms with E-state index in [-0.39, 0.29) is 17.1 Å². The van der Waals surface area contributed by atoms with Gasteiger partial charge >= 0.3 is 18.3 Å². The third kappa shape index (κ3) is 4.65. The number of halogens is 6. The fraction of sp³-hybridized carbons (Fsp3) is 0.188. The van der Waals surface area contributed by atoms with Crippen molar-refractivity contribution in [2.75, 3.05) is 0 Å². The summed E-state index contributed by atoms with van der Waals surface area (Å²) >= 11 is 0. The van der Waals surface area contributed by atoms with Gasteiger partial charge in [-0.25, -0.2) is 4.79 Å². The van der Waals surface area contributed by atoms with Crippen molar-refractivity contribution in [2.45, 2.75) is 18.3 Å². The number of hydrogen-bond acceptors (Lipinski definition) is 2. The van der Waals surface area contributed by atoms with Crippen LogP contribution in [0.1, 0.15) is 21.8 Å². The Labute approximate surface area is 137 Å². The number of aromatic carboxylic acids is 1. The number of carboxylic acid groups (broad SMARTS) is 1. The van der Waals surface area contributed by atoms with Crippen LogP contribution in [-0.2, 0) is 0 Å². The molecule has 0 aliphatic rings. The van der Waals surface area contributed by atoms with Gasteiger partial charge in [0.25, 0.3) is 0 Å². The van der Waals surface area contributed by atoms with Crippen molar-refractivity contribution in [1.29, 1.82) is 0 Å². The van der Waals surface area contributed by atoms with Crippen molar-refractivity contribution in [3.8, 4) is 11.5 Å². The molecule has 0 unspecified atom stereocenters. The summed E-state index contributed by atoms with van der Waals surface area (Å²) in [6.07, 6.45) is -11.0. The molecule has 0 bridgehead atoms. The lowest BCUT2D eigenvalue weighted by Crippen LogP contribution is -2.34. The van der Waals surface area contributed by atoms with Gasteiger partial charge in [-0.1, -0.05) is 18.2 Å². The molecule has 2 aromatic rings. The highest BCUT2D eigenvalue weighted by molar-refractivity contribution is 5.88. The van der Waals surface area contributed by atoms with E-state index in [1.807, 2.05) is 0 Å². The third-order valence-electron chi connectivity index (χ3n) is 3.18. The van der Waals surface area contributed by atoms with Crippen molar-refractivity contribution in [3.63, 3.8) is 0 Å². The minimum absolute atomic E-state index is 0.0330. The molecule has 0 saturated heterocycles. The minimum Gasteiger partial charge on any atom is -0.478 e. The Bertz CT molecular complexity index is 736. The van der Waals surface area contributed by atoms with Crippen LogP contribution < -0.4 is 4.74 Å². The van der Waals surface area contributed by atoms with E-state index in [1.165, 1.54) is 24.3 Å². The van der Waals surface area contributed by atoms with Crippen molar-refractivity contribution in [2.24, 2.45) is 0 Å². The Balaban J connectivity index is 2.25. The third-order valence-corrected chi connectivity index (χ3v) is 3.18. The van der Waals surface area contributed by atoms with E-state index >= 15 is 0 Å². The maximum atomic E-state index is 12.7. The van der Waals surface area contributed by atoms with E-state index in [0.29, 0.717) is 12.1 Å². The number of benzene rings is 2. The Morgan fingerprint density at radius 3 is 1.92 bits per heavy atom. The van der Waals surface area contributed by atoms with Crippen molar-refractivity contribution in [3.05, 3.63) is 59.7 Å². The number of hydrogen-bond donors (Lipinski definition) is 1. The average Bonchev–Trinajstić information content (AvgIpc) is 2.46. The van der Waals surface area contributed by atoms with Gasteiger partial charge in [-0.05, 0) is 35.9 Å². The second kappa shape index (κ2) is 6.66. The SMILES string of the molecule is O=C(O)c1cccc(Oc2ccc(C(C(F)(F)F)C(F)(F)F)cc2)c1. The summed E-state index contributed by atoms with van der Waals surface area (Å²) in [7, 11) is 0. The highest BCUT2D eigenvalue weighted by Gasteiger charge is 2.57. The lowest BCUT2D eigenvalue weighted by atomic mass is 9.98. The molecule has 9 heteroatoms. The smallest absolute Gasteiger partial charge is 0.404 e. The number of carboxylic acids is 1. The van der Waals surface area contributed by atoms with Crippen LogP contribution in [0.15, 0.2) is 48.5 Å². The lowest BCUT2D eigenvalue weighted by molar-refractivity contribution is -0.253. The molecule has 2 aromatic carbocycles. The van der Waals surface area contributed by atoms with Gasteiger partial charge in [0.2, 0.25) is 0 Å². The Hall–Kier alpha value is -2.71. The van der Waals surface area contributed by atoms with E-state index in [2.05, 4.69) is 0 Å². The van der Waals surface area contributed by atoms with Crippen LogP contribution in [0, 0.1) is 0 Å². The second-order valence-electron chi connectivity index (χ2n) is 5.02. The molecule has 0 spiro atoms. The predicted molar refractivity (Wildman–Crippen MR) is 74.8 cm³/mol. The normalized spacial score (nSPS) is 12.3. The monoisotopic (exact) mass is 364 g/mol. The average molecular weight is 364 g/mol. The lowest BCUT2D eigenvalue weighted by Gasteiger charge is -2.23. The zero-order valence-corrected chi connectivity index (χ0v) is 12.2. The number of rotatable bonds is 4. The van der Waals surface area contributed by atoms with Gasteiger partial charge < -0.3 is 9.84 Å².